The van der Waals surface area contributed by atoms with Crippen LogP contribution in [0.3, 0.4) is 0 Å². The van der Waals surface area contributed by atoms with Gasteiger partial charge in [0.25, 0.3) is 0 Å². The Morgan fingerprint density at radius 1 is 1.03 bits per heavy atom. The molecule has 0 spiro atoms. The minimum atomic E-state index is 0.874. The van der Waals surface area contributed by atoms with Crippen molar-refractivity contribution in [1.29, 1.82) is 0 Å². The Labute approximate surface area is 212 Å². The number of hydrogen-bond donors (Lipinski definition) is 1. The second kappa shape index (κ2) is 16.4. The summed E-state index contributed by atoms with van der Waals surface area (Å²) in [7, 11) is 0. The summed E-state index contributed by atoms with van der Waals surface area (Å²) in [6.07, 6.45) is 12.0. The first-order valence-electron chi connectivity index (χ1n) is 12.6. The van der Waals surface area contributed by atoms with E-state index < -0.39 is 0 Å². The SMILES string of the molecule is CC/C(C)=C(SC=C(C)C)\C(C)=C(\C)c1ccc2ncnn2c1.CC/C=C(\C)NCCCCC. The van der Waals surface area contributed by atoms with E-state index in [4.69, 9.17) is 0 Å². The summed E-state index contributed by atoms with van der Waals surface area (Å²) in [5, 5.41) is 9.84. The van der Waals surface area contributed by atoms with Gasteiger partial charge in [0.15, 0.2) is 5.65 Å². The van der Waals surface area contributed by atoms with Crippen LogP contribution in [-0.4, -0.2) is 21.1 Å². The van der Waals surface area contributed by atoms with Gasteiger partial charge >= 0.3 is 0 Å². The number of hydrogen-bond acceptors (Lipinski definition) is 4. The molecule has 0 amide bonds. The Morgan fingerprint density at radius 3 is 2.38 bits per heavy atom. The number of nitrogens with zero attached hydrogens (tertiary/aromatic N) is 3. The van der Waals surface area contributed by atoms with Crippen molar-refractivity contribution in [1.82, 2.24) is 19.9 Å². The van der Waals surface area contributed by atoms with Gasteiger partial charge in [0.05, 0.1) is 0 Å². The molecule has 0 atom stereocenters. The standard InChI is InChI=1S/C19H25N3S.C10H21N/c1-7-14(4)19(23-11-13(2)3)16(6)15(5)17-8-9-18-20-12-21-22(18)10-17;1-4-6-7-9-11-10(3)8-5-2/h8-12H,7H2,1-6H3;8,11H,4-7,9H2,1-3H3/b16-15-,19-14+;10-8+. The maximum atomic E-state index is 4.23. The highest BCUT2D eigenvalue weighted by molar-refractivity contribution is 8.06. The molecular formula is C29H46N4S. The van der Waals surface area contributed by atoms with Crippen LogP contribution in [0, 0.1) is 0 Å². The van der Waals surface area contributed by atoms with Crippen LogP contribution in [0.5, 0.6) is 0 Å². The minimum absolute atomic E-state index is 0.874. The number of thioether (sulfide) groups is 1. The summed E-state index contributed by atoms with van der Waals surface area (Å²) < 4.78 is 1.82. The zero-order valence-corrected chi connectivity index (χ0v) is 23.8. The zero-order valence-electron chi connectivity index (χ0n) is 23.0. The summed E-state index contributed by atoms with van der Waals surface area (Å²) in [5.41, 5.74) is 8.73. The van der Waals surface area contributed by atoms with E-state index >= 15 is 0 Å². The monoisotopic (exact) mass is 482 g/mol. The van der Waals surface area contributed by atoms with Gasteiger partial charge < -0.3 is 5.32 Å². The predicted molar refractivity (Wildman–Crippen MR) is 153 cm³/mol. The Morgan fingerprint density at radius 2 is 1.76 bits per heavy atom. The van der Waals surface area contributed by atoms with E-state index in [0.29, 0.717) is 0 Å². The van der Waals surface area contributed by atoms with E-state index in [2.05, 4.69) is 95.3 Å². The van der Waals surface area contributed by atoms with Gasteiger partial charge in [-0.2, -0.15) is 5.10 Å². The Kier molecular flexibility index (Phi) is 14.3. The van der Waals surface area contributed by atoms with Crippen molar-refractivity contribution in [2.24, 2.45) is 0 Å². The van der Waals surface area contributed by atoms with Crippen LogP contribution < -0.4 is 5.32 Å². The predicted octanol–water partition coefficient (Wildman–Crippen LogP) is 8.94. The van der Waals surface area contributed by atoms with Crippen molar-refractivity contribution < 1.29 is 0 Å². The third-order valence-corrected chi connectivity index (χ3v) is 7.11. The molecule has 2 rings (SSSR count). The Bertz CT molecular complexity index is 1000. The first-order chi connectivity index (χ1) is 16.2. The van der Waals surface area contributed by atoms with Gasteiger partial charge in [-0.05, 0) is 95.1 Å². The number of pyridine rings is 1. The highest BCUT2D eigenvalue weighted by Gasteiger charge is 2.10. The van der Waals surface area contributed by atoms with Crippen LogP contribution in [0.15, 0.2) is 63.5 Å². The molecule has 2 aromatic heterocycles. The van der Waals surface area contributed by atoms with Crippen LogP contribution in [0.25, 0.3) is 11.2 Å². The van der Waals surface area contributed by atoms with Gasteiger partial charge in [-0.1, -0.05) is 62.6 Å². The van der Waals surface area contributed by atoms with Gasteiger partial charge in [0, 0.05) is 23.3 Å². The average molecular weight is 483 g/mol. The van der Waals surface area contributed by atoms with E-state index in [0.717, 1.165) is 25.0 Å². The molecular weight excluding hydrogens is 436 g/mol. The molecule has 0 aliphatic rings. The van der Waals surface area contributed by atoms with Crippen molar-refractivity contribution in [2.45, 2.75) is 94.4 Å². The third-order valence-electron chi connectivity index (χ3n) is 5.64. The molecule has 0 saturated heterocycles. The van der Waals surface area contributed by atoms with E-state index in [9.17, 15) is 0 Å². The lowest BCUT2D eigenvalue weighted by Gasteiger charge is -2.14. The molecule has 188 valence electrons. The molecule has 1 N–H and O–H groups in total. The number of nitrogens with one attached hydrogen (secondary N) is 1. The van der Waals surface area contributed by atoms with E-state index in [1.54, 1.807) is 6.33 Å². The lowest BCUT2D eigenvalue weighted by Crippen LogP contribution is -2.12. The second-order valence-corrected chi connectivity index (χ2v) is 9.82. The molecule has 0 bridgehead atoms. The van der Waals surface area contributed by atoms with Gasteiger partial charge in [0.2, 0.25) is 0 Å². The lowest BCUT2D eigenvalue weighted by molar-refractivity contribution is 0.666. The normalized spacial score (nSPS) is 13.0. The molecule has 34 heavy (non-hydrogen) atoms. The van der Waals surface area contributed by atoms with Gasteiger partial charge in [-0.25, -0.2) is 9.50 Å². The molecule has 5 heteroatoms. The van der Waals surface area contributed by atoms with Crippen molar-refractivity contribution in [3.05, 3.63) is 69.0 Å². The van der Waals surface area contributed by atoms with Gasteiger partial charge in [-0.3, -0.25) is 0 Å². The van der Waals surface area contributed by atoms with Crippen LogP contribution >= 0.6 is 11.8 Å². The van der Waals surface area contributed by atoms with Gasteiger partial charge in [-0.15, -0.1) is 0 Å². The summed E-state index contributed by atoms with van der Waals surface area (Å²) in [6.45, 7) is 20.8. The highest BCUT2D eigenvalue weighted by atomic mass is 32.2. The Balaban J connectivity index is 0.000000445. The molecule has 0 aliphatic heterocycles. The van der Waals surface area contributed by atoms with Crippen LogP contribution in [0.2, 0.25) is 0 Å². The van der Waals surface area contributed by atoms with Crippen molar-refractivity contribution in [3.63, 3.8) is 0 Å². The molecule has 4 nitrogen and oxygen atoms in total. The molecule has 0 unspecified atom stereocenters. The number of unbranched alkanes of at least 4 members (excludes halogenated alkanes) is 2. The second-order valence-electron chi connectivity index (χ2n) is 8.94. The van der Waals surface area contributed by atoms with Crippen LogP contribution in [0.4, 0.5) is 0 Å². The topological polar surface area (TPSA) is 42.2 Å². The number of aromatic nitrogens is 3. The summed E-state index contributed by atoms with van der Waals surface area (Å²) in [6, 6.07) is 4.13. The first-order valence-corrected chi connectivity index (χ1v) is 13.5. The quantitative estimate of drug-likeness (QED) is 0.256. The minimum Gasteiger partial charge on any atom is -0.389 e. The first kappa shape index (κ1) is 29.8. The highest BCUT2D eigenvalue weighted by Crippen LogP contribution is 2.34. The molecule has 0 aliphatic carbocycles. The maximum Gasteiger partial charge on any atom is 0.155 e. The summed E-state index contributed by atoms with van der Waals surface area (Å²) >= 11 is 1.82. The number of fused-ring (bicyclic) bond motifs is 1. The summed E-state index contributed by atoms with van der Waals surface area (Å²) in [5.74, 6) is 0. The van der Waals surface area contributed by atoms with Crippen molar-refractivity contribution >= 4 is 23.0 Å². The van der Waals surface area contributed by atoms with E-state index in [-0.39, 0.29) is 0 Å². The molecule has 0 saturated carbocycles. The number of rotatable bonds is 11. The Hall–Kier alpha value is -2.27. The van der Waals surface area contributed by atoms with E-state index in [1.165, 1.54) is 57.7 Å². The van der Waals surface area contributed by atoms with Gasteiger partial charge in [0.1, 0.15) is 6.33 Å². The smallest absolute Gasteiger partial charge is 0.155 e. The number of allylic oxidation sites excluding steroid dienone is 6. The van der Waals surface area contributed by atoms with E-state index in [1.807, 2.05) is 28.5 Å². The molecule has 0 aromatic carbocycles. The van der Waals surface area contributed by atoms with Crippen molar-refractivity contribution in [3.8, 4) is 0 Å². The fourth-order valence-corrected chi connectivity index (χ4v) is 4.34. The van der Waals surface area contributed by atoms with Crippen molar-refractivity contribution in [2.75, 3.05) is 6.54 Å². The fourth-order valence-electron chi connectivity index (χ4n) is 3.31. The molecule has 0 radical (unpaired) electrons. The summed E-state index contributed by atoms with van der Waals surface area (Å²) in [4.78, 5) is 5.57. The third kappa shape index (κ3) is 10.3. The zero-order chi connectivity index (χ0) is 25.5. The largest absolute Gasteiger partial charge is 0.389 e. The average Bonchev–Trinajstić information content (AvgIpc) is 3.29. The lowest BCUT2D eigenvalue weighted by atomic mass is 10.0. The van der Waals surface area contributed by atoms with Crippen LogP contribution in [0.1, 0.15) is 100.0 Å². The fraction of sp³-hybridized carbons (Fsp3) is 0.517. The van der Waals surface area contributed by atoms with Crippen LogP contribution in [-0.2, 0) is 0 Å². The molecule has 2 aromatic rings. The molecule has 0 fully saturated rings. The molecule has 2 heterocycles. The maximum absolute atomic E-state index is 4.23.